The normalized spacial score (nSPS) is 13.6. The first-order valence-electron chi connectivity index (χ1n) is 15.5. The van der Waals surface area contributed by atoms with Gasteiger partial charge in [-0.15, -0.1) is 0 Å². The summed E-state index contributed by atoms with van der Waals surface area (Å²) < 4.78 is 32.0. The number of nitrogens with two attached hydrogens (primary N) is 1. The van der Waals surface area contributed by atoms with Crippen molar-refractivity contribution in [2.75, 3.05) is 26.4 Å². The van der Waals surface area contributed by atoms with Gasteiger partial charge < -0.3 is 20.1 Å². The van der Waals surface area contributed by atoms with Crippen LogP contribution in [0.3, 0.4) is 0 Å². The SMILES string of the molecule is CCCCCCCCCCCCCCCCCCC(=O)O[C@H](COC(=O)CCCC)COP(=O)(O)OCCN. The molecule has 2 atom stereocenters. The average Bonchev–Trinajstić information content (AvgIpc) is 2.92. The summed E-state index contributed by atoms with van der Waals surface area (Å²) in [6.07, 6.45) is 21.1. The first-order chi connectivity index (χ1) is 18.8. The van der Waals surface area contributed by atoms with Gasteiger partial charge in [0.1, 0.15) is 6.61 Å². The minimum atomic E-state index is -4.34. The first-order valence-corrected chi connectivity index (χ1v) is 17.0. The molecule has 0 fully saturated rings. The van der Waals surface area contributed by atoms with Crippen LogP contribution in [-0.4, -0.2) is 49.3 Å². The molecule has 232 valence electrons. The van der Waals surface area contributed by atoms with Gasteiger partial charge in [0.25, 0.3) is 0 Å². The summed E-state index contributed by atoms with van der Waals surface area (Å²) in [4.78, 5) is 33.8. The van der Waals surface area contributed by atoms with Crippen LogP contribution in [0.25, 0.3) is 0 Å². The minimum Gasteiger partial charge on any atom is -0.462 e. The lowest BCUT2D eigenvalue weighted by Gasteiger charge is -2.19. The number of phosphoric acid groups is 1. The fraction of sp³-hybridized carbons (Fsp3) is 0.931. The molecule has 0 bridgehead atoms. The first kappa shape index (κ1) is 38.0. The zero-order valence-corrected chi connectivity index (χ0v) is 25.8. The van der Waals surface area contributed by atoms with Gasteiger partial charge in [0, 0.05) is 19.4 Å². The maximum atomic E-state index is 12.3. The van der Waals surface area contributed by atoms with Crippen LogP contribution in [0.4, 0.5) is 0 Å². The van der Waals surface area contributed by atoms with Crippen LogP contribution >= 0.6 is 7.82 Å². The van der Waals surface area contributed by atoms with Crippen molar-refractivity contribution in [2.45, 2.75) is 148 Å². The molecule has 0 rings (SSSR count). The predicted molar refractivity (Wildman–Crippen MR) is 155 cm³/mol. The molecule has 0 amide bonds. The fourth-order valence-electron chi connectivity index (χ4n) is 4.14. The van der Waals surface area contributed by atoms with Crippen molar-refractivity contribution in [3.8, 4) is 0 Å². The Kier molecular flexibility index (Phi) is 26.5. The molecule has 1 unspecified atom stereocenters. The van der Waals surface area contributed by atoms with Gasteiger partial charge in [-0.1, -0.05) is 117 Å². The molecule has 0 aliphatic heterocycles. The fourth-order valence-corrected chi connectivity index (χ4v) is 4.91. The smallest absolute Gasteiger partial charge is 0.462 e. The molecule has 0 aliphatic carbocycles. The molecule has 0 spiro atoms. The minimum absolute atomic E-state index is 0.0562. The Bertz CT molecular complexity index is 634. The molecule has 39 heavy (non-hydrogen) atoms. The van der Waals surface area contributed by atoms with Crippen LogP contribution in [0, 0.1) is 0 Å². The van der Waals surface area contributed by atoms with Crippen molar-refractivity contribution in [1.82, 2.24) is 0 Å². The third kappa shape index (κ3) is 27.0. The van der Waals surface area contributed by atoms with E-state index in [4.69, 9.17) is 24.3 Å². The Labute approximate surface area is 237 Å². The second-order valence-corrected chi connectivity index (χ2v) is 11.8. The van der Waals surface area contributed by atoms with Crippen molar-refractivity contribution in [1.29, 1.82) is 0 Å². The molecule has 0 aromatic rings. The second-order valence-electron chi connectivity index (χ2n) is 10.3. The summed E-state index contributed by atoms with van der Waals surface area (Å²) in [5, 5.41) is 0. The third-order valence-electron chi connectivity index (χ3n) is 6.49. The summed E-state index contributed by atoms with van der Waals surface area (Å²) in [5.41, 5.74) is 5.27. The van der Waals surface area contributed by atoms with Crippen LogP contribution in [0.2, 0.25) is 0 Å². The number of rotatable bonds is 29. The summed E-state index contributed by atoms with van der Waals surface area (Å²) in [7, 11) is -4.34. The standard InChI is InChI=1S/C29H58NO8P/c1-3-5-7-8-9-10-11-12-13-14-15-16-17-18-19-20-22-29(32)38-27(25-35-28(31)21-6-4-2)26-37-39(33,34)36-24-23-30/h27H,3-26,30H2,1-2H3,(H,33,34)/t27-/m1/s1. The third-order valence-corrected chi connectivity index (χ3v) is 7.48. The van der Waals surface area contributed by atoms with Gasteiger partial charge in [0.2, 0.25) is 0 Å². The Morgan fingerprint density at radius 3 is 1.62 bits per heavy atom. The number of phosphoric ester groups is 1. The summed E-state index contributed by atoms with van der Waals surface area (Å²) >= 11 is 0. The lowest BCUT2D eigenvalue weighted by Crippen LogP contribution is -2.29. The summed E-state index contributed by atoms with van der Waals surface area (Å²) in [6.45, 7) is 3.45. The molecule has 3 N–H and O–H groups in total. The number of ether oxygens (including phenoxy) is 2. The lowest BCUT2D eigenvalue weighted by molar-refractivity contribution is -0.161. The van der Waals surface area contributed by atoms with Crippen LogP contribution in [-0.2, 0) is 32.7 Å². The Morgan fingerprint density at radius 2 is 1.13 bits per heavy atom. The van der Waals surface area contributed by atoms with Gasteiger partial charge in [-0.25, -0.2) is 4.57 Å². The van der Waals surface area contributed by atoms with E-state index in [2.05, 4.69) is 6.92 Å². The van der Waals surface area contributed by atoms with E-state index >= 15 is 0 Å². The largest absolute Gasteiger partial charge is 0.472 e. The summed E-state index contributed by atoms with van der Waals surface area (Å²) in [5.74, 6) is -0.864. The van der Waals surface area contributed by atoms with Crippen LogP contribution in [0.1, 0.15) is 142 Å². The second kappa shape index (κ2) is 27.2. The van der Waals surface area contributed by atoms with Crippen molar-refractivity contribution in [2.24, 2.45) is 5.73 Å². The van der Waals surface area contributed by atoms with Gasteiger partial charge in [0.15, 0.2) is 6.10 Å². The molecule has 0 aromatic carbocycles. The highest BCUT2D eigenvalue weighted by atomic mass is 31.2. The Morgan fingerprint density at radius 1 is 0.667 bits per heavy atom. The highest BCUT2D eigenvalue weighted by Gasteiger charge is 2.25. The number of hydrogen-bond acceptors (Lipinski definition) is 8. The topological polar surface area (TPSA) is 134 Å². The lowest BCUT2D eigenvalue weighted by atomic mass is 10.0. The molecular formula is C29H58NO8P. The monoisotopic (exact) mass is 579 g/mol. The maximum Gasteiger partial charge on any atom is 0.472 e. The molecule has 10 heteroatoms. The van der Waals surface area contributed by atoms with Gasteiger partial charge in [-0.2, -0.15) is 0 Å². The molecule has 0 aliphatic rings. The molecule has 0 aromatic heterocycles. The number of esters is 2. The highest BCUT2D eigenvalue weighted by molar-refractivity contribution is 7.47. The van der Waals surface area contributed by atoms with E-state index in [1.165, 1.54) is 83.5 Å². The van der Waals surface area contributed by atoms with Crippen molar-refractivity contribution in [3.05, 3.63) is 0 Å². The maximum absolute atomic E-state index is 12.3. The van der Waals surface area contributed by atoms with Gasteiger partial charge >= 0.3 is 19.8 Å². The quantitative estimate of drug-likeness (QED) is 0.0529. The number of carbonyl (C=O) groups is 2. The van der Waals surface area contributed by atoms with E-state index in [9.17, 15) is 19.0 Å². The van der Waals surface area contributed by atoms with E-state index in [0.29, 0.717) is 12.8 Å². The molecule has 0 heterocycles. The Hall–Kier alpha value is -0.990. The average molecular weight is 580 g/mol. The van der Waals surface area contributed by atoms with Crippen molar-refractivity contribution >= 4 is 19.8 Å². The van der Waals surface area contributed by atoms with E-state index < -0.39 is 32.5 Å². The Balaban J connectivity index is 4.01. The zero-order valence-electron chi connectivity index (χ0n) is 24.9. The molecular weight excluding hydrogens is 521 g/mol. The zero-order chi connectivity index (χ0) is 29.0. The molecule has 9 nitrogen and oxygen atoms in total. The molecule has 0 saturated carbocycles. The van der Waals surface area contributed by atoms with Gasteiger partial charge in [0.05, 0.1) is 13.2 Å². The predicted octanol–water partition coefficient (Wildman–Crippen LogP) is 7.38. The van der Waals surface area contributed by atoms with Crippen molar-refractivity contribution in [3.63, 3.8) is 0 Å². The van der Waals surface area contributed by atoms with Crippen LogP contribution in [0.5, 0.6) is 0 Å². The van der Waals surface area contributed by atoms with Gasteiger partial charge in [-0.3, -0.25) is 18.6 Å². The van der Waals surface area contributed by atoms with E-state index in [0.717, 1.165) is 19.3 Å². The van der Waals surface area contributed by atoms with E-state index in [1.54, 1.807) is 0 Å². The van der Waals surface area contributed by atoms with E-state index in [1.807, 2.05) is 6.92 Å². The van der Waals surface area contributed by atoms with Gasteiger partial charge in [-0.05, 0) is 12.8 Å². The van der Waals surface area contributed by atoms with Crippen LogP contribution in [0.15, 0.2) is 0 Å². The number of hydrogen-bond donors (Lipinski definition) is 2. The molecule has 0 radical (unpaired) electrons. The number of carbonyl (C=O) groups excluding carboxylic acids is 2. The van der Waals surface area contributed by atoms with Crippen molar-refractivity contribution < 1.29 is 37.6 Å². The highest BCUT2D eigenvalue weighted by Crippen LogP contribution is 2.43. The molecule has 0 saturated heterocycles. The summed E-state index contributed by atoms with van der Waals surface area (Å²) in [6, 6.07) is 0. The number of unbranched alkanes of at least 4 members (excludes halogenated alkanes) is 16. The van der Waals surface area contributed by atoms with E-state index in [-0.39, 0.29) is 32.6 Å². The van der Waals surface area contributed by atoms with Crippen LogP contribution < -0.4 is 5.73 Å².